The minimum atomic E-state index is -0.786. The molecule has 1 aliphatic rings. The quantitative estimate of drug-likeness (QED) is 0.566. The monoisotopic (exact) mass is 359 g/mol. The van der Waals surface area contributed by atoms with Crippen molar-refractivity contribution in [2.24, 2.45) is 11.8 Å². The van der Waals surface area contributed by atoms with E-state index in [0.717, 1.165) is 34.4 Å². The normalized spacial score (nSPS) is 16.1. The summed E-state index contributed by atoms with van der Waals surface area (Å²) in [5, 5.41) is 12.4. The van der Waals surface area contributed by atoms with Crippen LogP contribution in [0.1, 0.15) is 60.3 Å². The first-order valence-electron chi connectivity index (χ1n) is 9.15. The van der Waals surface area contributed by atoms with Gasteiger partial charge < -0.3 is 15.2 Å². The van der Waals surface area contributed by atoms with E-state index in [2.05, 4.69) is 18.3 Å². The molecule has 1 aromatic rings. The van der Waals surface area contributed by atoms with Gasteiger partial charge in [-0.2, -0.15) is 0 Å². The van der Waals surface area contributed by atoms with Crippen LogP contribution in [0.3, 0.4) is 0 Å². The topological polar surface area (TPSA) is 75.6 Å². The van der Waals surface area contributed by atoms with E-state index < -0.39 is 11.9 Å². The van der Waals surface area contributed by atoms with Gasteiger partial charge in [0.15, 0.2) is 0 Å². The number of hydrogen-bond acceptors (Lipinski definition) is 4. The highest BCUT2D eigenvalue weighted by molar-refractivity contribution is 6.01. The molecule has 1 heterocycles. The van der Waals surface area contributed by atoms with Crippen molar-refractivity contribution in [1.29, 1.82) is 0 Å². The van der Waals surface area contributed by atoms with Gasteiger partial charge in [-0.1, -0.05) is 32.4 Å². The van der Waals surface area contributed by atoms with E-state index >= 15 is 0 Å². The molecule has 1 aliphatic heterocycles. The minimum absolute atomic E-state index is 0.0453. The Morgan fingerprint density at radius 3 is 2.50 bits per heavy atom. The number of aliphatic carboxylic acids is 1. The summed E-state index contributed by atoms with van der Waals surface area (Å²) in [5.74, 6) is -1.54. The molecule has 142 valence electrons. The lowest BCUT2D eigenvalue weighted by Gasteiger charge is -2.20. The maximum atomic E-state index is 12.2. The lowest BCUT2D eigenvalue weighted by Crippen LogP contribution is -2.19. The van der Waals surface area contributed by atoms with Crippen LogP contribution in [-0.2, 0) is 29.0 Å². The second kappa shape index (κ2) is 7.94. The van der Waals surface area contributed by atoms with Crippen LogP contribution >= 0.6 is 0 Å². The maximum Gasteiger partial charge on any atom is 0.341 e. The summed E-state index contributed by atoms with van der Waals surface area (Å²) in [5.41, 5.74) is 6.97. The Balaban J connectivity index is 2.48. The molecule has 2 N–H and O–H groups in total. The number of cyclic esters (lactones) is 1. The SMILES string of the molecule is CCc1c(C)c2c(c(NC)c1CC=C(C)C(C)C(C)C(=O)O)C(=O)OC2. The minimum Gasteiger partial charge on any atom is -0.481 e. The predicted molar refractivity (Wildman–Crippen MR) is 103 cm³/mol. The van der Waals surface area contributed by atoms with Crippen LogP contribution in [0, 0.1) is 18.8 Å². The van der Waals surface area contributed by atoms with E-state index in [0.29, 0.717) is 18.6 Å². The Bertz CT molecular complexity index is 764. The molecule has 5 heteroatoms. The van der Waals surface area contributed by atoms with Crippen LogP contribution < -0.4 is 5.32 Å². The van der Waals surface area contributed by atoms with Crippen LogP contribution in [0.15, 0.2) is 11.6 Å². The zero-order chi connectivity index (χ0) is 19.6. The Morgan fingerprint density at radius 2 is 1.96 bits per heavy atom. The fourth-order valence-corrected chi connectivity index (χ4v) is 3.70. The van der Waals surface area contributed by atoms with E-state index in [4.69, 9.17) is 4.74 Å². The maximum absolute atomic E-state index is 12.2. The highest BCUT2D eigenvalue weighted by Crippen LogP contribution is 2.37. The second-order valence-corrected chi connectivity index (χ2v) is 7.06. The average Bonchev–Trinajstić information content (AvgIpc) is 3.00. The van der Waals surface area contributed by atoms with Gasteiger partial charge in [-0.25, -0.2) is 4.79 Å². The van der Waals surface area contributed by atoms with Crippen molar-refractivity contribution in [1.82, 2.24) is 0 Å². The van der Waals surface area contributed by atoms with Crippen LogP contribution in [0.5, 0.6) is 0 Å². The summed E-state index contributed by atoms with van der Waals surface area (Å²) in [7, 11) is 1.82. The third kappa shape index (κ3) is 3.48. The van der Waals surface area contributed by atoms with Gasteiger partial charge in [0.25, 0.3) is 0 Å². The van der Waals surface area contributed by atoms with E-state index in [1.165, 1.54) is 5.56 Å². The van der Waals surface area contributed by atoms with Crippen molar-refractivity contribution in [3.05, 3.63) is 39.5 Å². The molecule has 2 unspecified atom stereocenters. The van der Waals surface area contributed by atoms with Crippen LogP contribution in [0.25, 0.3) is 0 Å². The number of nitrogens with one attached hydrogen (secondary N) is 1. The molecule has 0 radical (unpaired) electrons. The number of benzene rings is 1. The first-order chi connectivity index (χ1) is 12.2. The summed E-state index contributed by atoms with van der Waals surface area (Å²) in [6, 6.07) is 0. The number of allylic oxidation sites excluding steroid dienone is 2. The number of anilines is 1. The Labute approximate surface area is 155 Å². The van der Waals surface area contributed by atoms with Gasteiger partial charge in [0, 0.05) is 12.6 Å². The number of carboxylic acids is 1. The summed E-state index contributed by atoms with van der Waals surface area (Å²) in [6.07, 6.45) is 3.61. The number of hydrogen-bond donors (Lipinski definition) is 2. The average molecular weight is 359 g/mol. The number of rotatable bonds is 7. The molecule has 1 aromatic carbocycles. The molecule has 0 spiro atoms. The van der Waals surface area contributed by atoms with Crippen LogP contribution in [0.2, 0.25) is 0 Å². The fraction of sp³-hybridized carbons (Fsp3) is 0.524. The van der Waals surface area contributed by atoms with Crippen LogP contribution in [0.4, 0.5) is 5.69 Å². The summed E-state index contributed by atoms with van der Waals surface area (Å²) in [6.45, 7) is 10.1. The predicted octanol–water partition coefficient (Wildman–Crippen LogP) is 4.12. The third-order valence-corrected chi connectivity index (χ3v) is 5.76. The van der Waals surface area contributed by atoms with Crippen molar-refractivity contribution in [3.63, 3.8) is 0 Å². The highest BCUT2D eigenvalue weighted by atomic mass is 16.5. The van der Waals surface area contributed by atoms with E-state index in [1.807, 2.05) is 27.8 Å². The molecule has 0 fully saturated rings. The second-order valence-electron chi connectivity index (χ2n) is 7.06. The number of carbonyl (C=O) groups excluding carboxylic acids is 1. The van der Waals surface area contributed by atoms with E-state index in [1.54, 1.807) is 6.92 Å². The molecule has 2 rings (SSSR count). The molecule has 26 heavy (non-hydrogen) atoms. The zero-order valence-corrected chi connectivity index (χ0v) is 16.5. The standard InChI is InChI=1S/C21H29NO4/c1-7-15-14(5)17-10-26-21(25)18(17)19(22-6)16(15)9-8-11(2)12(3)13(4)20(23)24/h8,12-13,22H,7,9-10H2,1-6H3,(H,23,24). The first kappa shape index (κ1) is 20.0. The molecule has 0 saturated carbocycles. The molecule has 0 saturated heterocycles. The first-order valence-corrected chi connectivity index (χ1v) is 9.15. The van der Waals surface area contributed by atoms with Crippen molar-refractivity contribution in [3.8, 4) is 0 Å². The van der Waals surface area contributed by atoms with Gasteiger partial charge >= 0.3 is 11.9 Å². The van der Waals surface area contributed by atoms with Crippen LogP contribution in [-0.4, -0.2) is 24.1 Å². The summed E-state index contributed by atoms with van der Waals surface area (Å²) < 4.78 is 5.26. The van der Waals surface area contributed by atoms with Gasteiger partial charge in [-0.15, -0.1) is 0 Å². The number of ether oxygens (including phenoxy) is 1. The van der Waals surface area contributed by atoms with Crippen molar-refractivity contribution < 1.29 is 19.4 Å². The zero-order valence-electron chi connectivity index (χ0n) is 16.5. The molecular weight excluding hydrogens is 330 g/mol. The number of fused-ring (bicyclic) bond motifs is 1. The van der Waals surface area contributed by atoms with Gasteiger partial charge in [0.2, 0.25) is 0 Å². The number of carboxylic acid groups (broad SMARTS) is 1. The molecule has 5 nitrogen and oxygen atoms in total. The van der Waals surface area contributed by atoms with Crippen molar-refractivity contribution >= 4 is 17.6 Å². The van der Waals surface area contributed by atoms with Gasteiger partial charge in [0.05, 0.1) is 17.2 Å². The van der Waals surface area contributed by atoms with Crippen molar-refractivity contribution in [2.75, 3.05) is 12.4 Å². The third-order valence-electron chi connectivity index (χ3n) is 5.76. The smallest absolute Gasteiger partial charge is 0.341 e. The van der Waals surface area contributed by atoms with Gasteiger partial charge in [0.1, 0.15) is 6.61 Å². The molecule has 0 aliphatic carbocycles. The summed E-state index contributed by atoms with van der Waals surface area (Å²) >= 11 is 0. The molecule has 0 aromatic heterocycles. The molecular formula is C21H29NO4. The molecule has 0 bridgehead atoms. The largest absolute Gasteiger partial charge is 0.481 e. The molecule has 0 amide bonds. The summed E-state index contributed by atoms with van der Waals surface area (Å²) in [4.78, 5) is 23.5. The van der Waals surface area contributed by atoms with E-state index in [-0.39, 0.29) is 11.9 Å². The number of carbonyl (C=O) groups is 2. The van der Waals surface area contributed by atoms with Gasteiger partial charge in [-0.3, -0.25) is 4.79 Å². The Morgan fingerprint density at radius 1 is 1.31 bits per heavy atom. The lowest BCUT2D eigenvalue weighted by atomic mass is 9.86. The fourth-order valence-electron chi connectivity index (χ4n) is 3.70. The Kier molecular flexibility index (Phi) is 6.11. The lowest BCUT2D eigenvalue weighted by molar-refractivity contribution is -0.142. The highest BCUT2D eigenvalue weighted by Gasteiger charge is 2.30. The van der Waals surface area contributed by atoms with Gasteiger partial charge in [-0.05, 0) is 49.3 Å². The number of esters is 1. The van der Waals surface area contributed by atoms with E-state index in [9.17, 15) is 14.7 Å². The Hall–Kier alpha value is -2.30. The molecule has 2 atom stereocenters. The van der Waals surface area contributed by atoms with Crippen molar-refractivity contribution in [2.45, 2.75) is 54.1 Å².